The Labute approximate surface area is 150 Å². The zero-order chi connectivity index (χ0) is 19.5. The van der Waals surface area contributed by atoms with E-state index in [1.54, 1.807) is 7.05 Å². The van der Waals surface area contributed by atoms with Gasteiger partial charge in [-0.05, 0) is 30.5 Å². The zero-order valence-electron chi connectivity index (χ0n) is 14.5. The number of sulfonamides is 1. The summed E-state index contributed by atoms with van der Waals surface area (Å²) in [5.74, 6) is -0.934. The van der Waals surface area contributed by atoms with Gasteiger partial charge in [0.05, 0.1) is 12.2 Å². The molecule has 1 aromatic carbocycles. The zero-order valence-corrected chi connectivity index (χ0v) is 15.3. The maximum Gasteiger partial charge on any atom is 0.573 e. The molecule has 6 nitrogen and oxygen atoms in total. The van der Waals surface area contributed by atoms with Crippen molar-refractivity contribution in [3.8, 4) is 5.75 Å². The van der Waals surface area contributed by atoms with E-state index in [9.17, 15) is 26.4 Å². The van der Waals surface area contributed by atoms with E-state index in [2.05, 4.69) is 4.74 Å². The second-order valence-electron chi connectivity index (χ2n) is 6.35. The summed E-state index contributed by atoms with van der Waals surface area (Å²) in [5, 5.41) is 0. The van der Waals surface area contributed by atoms with Crippen molar-refractivity contribution in [3.05, 3.63) is 29.8 Å². The normalized spacial score (nSPS) is 19.2. The van der Waals surface area contributed by atoms with E-state index in [0.717, 1.165) is 6.26 Å². The number of ether oxygens (including phenoxy) is 1. The van der Waals surface area contributed by atoms with Crippen LogP contribution in [0.4, 0.5) is 13.2 Å². The molecule has 0 radical (unpaired) electrons. The highest BCUT2D eigenvalue weighted by Crippen LogP contribution is 2.24. The van der Waals surface area contributed by atoms with Crippen LogP contribution in [0.3, 0.4) is 0 Å². The maximum absolute atomic E-state index is 12.6. The molecule has 0 aliphatic carbocycles. The number of alkyl halides is 3. The van der Waals surface area contributed by atoms with E-state index in [4.69, 9.17) is 0 Å². The standard InChI is InChI=1S/C16H21F3N2O4S/c1-20(10-12-5-7-14(8-6-12)25-16(17,18)19)15(22)13-4-3-9-21(11-13)26(2,23)24/h5-8,13H,3-4,9-11H2,1-2H3. The minimum atomic E-state index is -4.75. The molecule has 0 N–H and O–H groups in total. The third kappa shape index (κ3) is 5.87. The first-order valence-corrected chi connectivity index (χ1v) is 9.85. The summed E-state index contributed by atoms with van der Waals surface area (Å²) in [6, 6.07) is 5.28. The molecule has 1 fully saturated rings. The van der Waals surface area contributed by atoms with E-state index in [1.165, 1.54) is 33.5 Å². The van der Waals surface area contributed by atoms with Gasteiger partial charge in [-0.25, -0.2) is 12.7 Å². The minimum Gasteiger partial charge on any atom is -0.406 e. The Bertz CT molecular complexity index is 735. The third-order valence-electron chi connectivity index (χ3n) is 4.16. The average molecular weight is 394 g/mol. The van der Waals surface area contributed by atoms with Crippen LogP contribution < -0.4 is 4.74 Å². The number of halogens is 3. The third-order valence-corrected chi connectivity index (χ3v) is 5.42. The fraction of sp³-hybridized carbons (Fsp3) is 0.562. The van der Waals surface area contributed by atoms with Gasteiger partial charge >= 0.3 is 6.36 Å². The van der Waals surface area contributed by atoms with Crippen LogP contribution in [0, 0.1) is 5.92 Å². The lowest BCUT2D eigenvalue weighted by atomic mass is 9.98. The van der Waals surface area contributed by atoms with Crippen molar-refractivity contribution < 1.29 is 31.1 Å². The van der Waals surface area contributed by atoms with Crippen LogP contribution in [0.5, 0.6) is 5.75 Å². The Hall–Kier alpha value is -1.81. The fourth-order valence-corrected chi connectivity index (χ4v) is 3.82. The quantitative estimate of drug-likeness (QED) is 0.768. The molecule has 1 amide bonds. The summed E-state index contributed by atoms with van der Waals surface area (Å²) < 4.78 is 64.9. The summed E-state index contributed by atoms with van der Waals surface area (Å²) in [6.07, 6.45) is -2.41. The first-order chi connectivity index (χ1) is 12.0. The van der Waals surface area contributed by atoms with Gasteiger partial charge in [-0.1, -0.05) is 12.1 Å². The van der Waals surface area contributed by atoms with Gasteiger partial charge in [0, 0.05) is 26.7 Å². The molecular formula is C16H21F3N2O4S. The van der Waals surface area contributed by atoms with E-state index < -0.39 is 22.3 Å². The topological polar surface area (TPSA) is 66.9 Å². The predicted octanol–water partition coefficient (Wildman–Crippen LogP) is 2.22. The second-order valence-corrected chi connectivity index (χ2v) is 8.33. The van der Waals surface area contributed by atoms with E-state index in [1.807, 2.05) is 0 Å². The van der Waals surface area contributed by atoms with Crippen molar-refractivity contribution in [1.29, 1.82) is 0 Å². The predicted molar refractivity (Wildman–Crippen MR) is 88.7 cm³/mol. The molecule has 146 valence electrons. The van der Waals surface area contributed by atoms with Gasteiger partial charge in [-0.2, -0.15) is 0 Å². The number of amides is 1. The number of carbonyl (C=O) groups is 1. The highest BCUT2D eigenvalue weighted by molar-refractivity contribution is 7.88. The molecule has 1 saturated heterocycles. The van der Waals surface area contributed by atoms with Crippen molar-refractivity contribution in [2.24, 2.45) is 5.92 Å². The average Bonchev–Trinajstić information content (AvgIpc) is 2.54. The van der Waals surface area contributed by atoms with Crippen LogP contribution in [0.1, 0.15) is 18.4 Å². The van der Waals surface area contributed by atoms with Gasteiger partial charge < -0.3 is 9.64 Å². The lowest BCUT2D eigenvalue weighted by Gasteiger charge is -2.32. The number of carbonyl (C=O) groups excluding carboxylic acids is 1. The maximum atomic E-state index is 12.6. The smallest absolute Gasteiger partial charge is 0.406 e. The van der Waals surface area contributed by atoms with E-state index >= 15 is 0 Å². The molecule has 2 rings (SSSR count). The molecule has 1 unspecified atom stereocenters. The van der Waals surface area contributed by atoms with Crippen LogP contribution in [-0.4, -0.2) is 56.3 Å². The molecule has 0 saturated carbocycles. The number of piperidine rings is 1. The van der Waals surface area contributed by atoms with Crippen LogP contribution in [0.15, 0.2) is 24.3 Å². The molecule has 1 aliphatic rings. The molecule has 1 aromatic rings. The Kier molecular flexibility index (Phi) is 6.17. The monoisotopic (exact) mass is 394 g/mol. The molecule has 1 atom stereocenters. The highest BCUT2D eigenvalue weighted by atomic mass is 32.2. The summed E-state index contributed by atoms with van der Waals surface area (Å²) in [7, 11) is -1.75. The van der Waals surface area contributed by atoms with Gasteiger partial charge in [0.1, 0.15) is 5.75 Å². The molecular weight excluding hydrogens is 373 g/mol. The van der Waals surface area contributed by atoms with Gasteiger partial charge in [0.2, 0.25) is 15.9 Å². The number of rotatable bonds is 5. The van der Waals surface area contributed by atoms with Crippen molar-refractivity contribution in [2.75, 3.05) is 26.4 Å². The molecule has 10 heteroatoms. The number of hydrogen-bond donors (Lipinski definition) is 0. The van der Waals surface area contributed by atoms with Crippen LogP contribution in [0.2, 0.25) is 0 Å². The highest BCUT2D eigenvalue weighted by Gasteiger charge is 2.32. The SMILES string of the molecule is CN(Cc1ccc(OC(F)(F)F)cc1)C(=O)C1CCCN(S(C)(=O)=O)C1. The van der Waals surface area contributed by atoms with E-state index in [-0.39, 0.29) is 24.7 Å². The van der Waals surface area contributed by atoms with Crippen LogP contribution in [-0.2, 0) is 21.4 Å². The molecule has 0 aromatic heterocycles. The number of benzene rings is 1. The Morgan fingerprint density at radius 2 is 1.92 bits per heavy atom. The lowest BCUT2D eigenvalue weighted by Crippen LogP contribution is -2.45. The molecule has 1 heterocycles. The summed E-state index contributed by atoms with van der Waals surface area (Å²) in [4.78, 5) is 14.0. The lowest BCUT2D eigenvalue weighted by molar-refractivity contribution is -0.274. The van der Waals surface area contributed by atoms with E-state index in [0.29, 0.717) is 24.9 Å². The molecule has 1 aliphatic heterocycles. The summed E-state index contributed by atoms with van der Waals surface area (Å²) in [6.45, 7) is 0.772. The Morgan fingerprint density at radius 3 is 2.46 bits per heavy atom. The summed E-state index contributed by atoms with van der Waals surface area (Å²) >= 11 is 0. The second kappa shape index (κ2) is 7.83. The fourth-order valence-electron chi connectivity index (χ4n) is 2.91. The Morgan fingerprint density at radius 1 is 1.31 bits per heavy atom. The first-order valence-electron chi connectivity index (χ1n) is 8.00. The van der Waals surface area contributed by atoms with Crippen molar-refractivity contribution >= 4 is 15.9 Å². The Balaban J connectivity index is 1.96. The number of hydrogen-bond acceptors (Lipinski definition) is 4. The molecule has 26 heavy (non-hydrogen) atoms. The van der Waals surface area contributed by atoms with Crippen LogP contribution >= 0.6 is 0 Å². The molecule has 0 spiro atoms. The summed E-state index contributed by atoms with van der Waals surface area (Å²) in [5.41, 5.74) is 0.645. The van der Waals surface area contributed by atoms with Crippen molar-refractivity contribution in [2.45, 2.75) is 25.7 Å². The van der Waals surface area contributed by atoms with Crippen molar-refractivity contribution in [3.63, 3.8) is 0 Å². The van der Waals surface area contributed by atoms with Gasteiger partial charge in [-0.3, -0.25) is 4.79 Å². The van der Waals surface area contributed by atoms with Gasteiger partial charge in [0.15, 0.2) is 0 Å². The number of nitrogens with zero attached hydrogens (tertiary/aromatic N) is 2. The van der Waals surface area contributed by atoms with Gasteiger partial charge in [-0.15, -0.1) is 13.2 Å². The van der Waals surface area contributed by atoms with Gasteiger partial charge in [0.25, 0.3) is 0 Å². The largest absolute Gasteiger partial charge is 0.573 e. The van der Waals surface area contributed by atoms with Crippen LogP contribution in [0.25, 0.3) is 0 Å². The molecule has 0 bridgehead atoms. The first kappa shape index (κ1) is 20.5. The minimum absolute atomic E-state index is 0.153. The van der Waals surface area contributed by atoms with Crippen molar-refractivity contribution in [1.82, 2.24) is 9.21 Å².